The zero-order valence-electron chi connectivity index (χ0n) is 32.4. The fourth-order valence-electron chi connectivity index (χ4n) is 8.87. The molecule has 60 heavy (non-hydrogen) atoms. The average molecular weight is 793 g/mol. The molecule has 0 bridgehead atoms. The summed E-state index contributed by atoms with van der Waals surface area (Å²) in [6, 6.07) is 69.0. The minimum Gasteiger partial charge on any atom is -0.486 e. The molecule has 0 N–H and O–H groups in total. The molecule has 0 aliphatic carbocycles. The van der Waals surface area contributed by atoms with E-state index in [-0.39, 0.29) is 0 Å². The lowest BCUT2D eigenvalue weighted by Gasteiger charge is -2.28. The minimum absolute atomic E-state index is 0.486. The predicted octanol–water partition coefficient (Wildman–Crippen LogP) is 15.0. The molecule has 286 valence electrons. The summed E-state index contributed by atoms with van der Waals surface area (Å²) in [5, 5.41) is 4.66. The Labute approximate surface area is 350 Å². The number of hydrogen-bond acceptors (Lipinski definition) is 5. The van der Waals surface area contributed by atoms with Gasteiger partial charge in [0.15, 0.2) is 11.5 Å². The van der Waals surface area contributed by atoms with Crippen LogP contribution in [0.1, 0.15) is 0 Å². The van der Waals surface area contributed by atoms with E-state index in [4.69, 9.17) is 13.9 Å². The third-order valence-electron chi connectivity index (χ3n) is 11.6. The molecule has 0 saturated heterocycles. The van der Waals surface area contributed by atoms with Gasteiger partial charge in [0.25, 0.3) is 0 Å². The normalized spacial score (nSPS) is 12.5. The maximum absolute atomic E-state index is 6.75. The molecule has 0 saturated carbocycles. The van der Waals surface area contributed by atoms with Crippen molar-refractivity contribution in [1.29, 1.82) is 0 Å². The van der Waals surface area contributed by atoms with Gasteiger partial charge in [-0.25, -0.2) is 0 Å². The van der Waals surface area contributed by atoms with E-state index < -0.39 is 0 Å². The number of rotatable bonds is 7. The number of thiophene rings is 1. The van der Waals surface area contributed by atoms with Crippen LogP contribution >= 0.6 is 11.3 Å². The van der Waals surface area contributed by atoms with Crippen LogP contribution in [-0.2, 0) is 0 Å². The molecular formula is C54H36N2O3S. The van der Waals surface area contributed by atoms with Crippen molar-refractivity contribution in [2.45, 2.75) is 0 Å². The van der Waals surface area contributed by atoms with E-state index >= 15 is 0 Å². The lowest BCUT2D eigenvalue weighted by atomic mass is 9.96. The summed E-state index contributed by atoms with van der Waals surface area (Å²) in [6.07, 6.45) is 0. The molecule has 0 unspecified atom stereocenters. The van der Waals surface area contributed by atoms with Crippen LogP contribution in [0.4, 0.5) is 17.2 Å². The van der Waals surface area contributed by atoms with E-state index in [1.54, 1.807) is 0 Å². The number of fused-ring (bicyclic) bond motifs is 7. The van der Waals surface area contributed by atoms with Crippen molar-refractivity contribution in [3.8, 4) is 50.7 Å². The average Bonchev–Trinajstić information content (AvgIpc) is 4.03. The van der Waals surface area contributed by atoms with Gasteiger partial charge in [0.1, 0.15) is 30.2 Å². The van der Waals surface area contributed by atoms with Crippen LogP contribution < -0.4 is 14.4 Å². The van der Waals surface area contributed by atoms with Crippen molar-refractivity contribution in [3.05, 3.63) is 194 Å². The zero-order chi connectivity index (χ0) is 39.6. The van der Waals surface area contributed by atoms with Crippen LogP contribution in [0.25, 0.3) is 81.3 Å². The van der Waals surface area contributed by atoms with Gasteiger partial charge in [-0.05, 0) is 83.4 Å². The van der Waals surface area contributed by atoms with Crippen molar-refractivity contribution in [3.63, 3.8) is 0 Å². The summed E-state index contributed by atoms with van der Waals surface area (Å²) < 4.78 is 24.2. The first-order valence-corrected chi connectivity index (χ1v) is 21.1. The highest BCUT2D eigenvalue weighted by atomic mass is 32.1. The molecule has 8 aromatic carbocycles. The molecule has 4 heterocycles. The predicted molar refractivity (Wildman–Crippen MR) is 248 cm³/mol. The van der Waals surface area contributed by atoms with Gasteiger partial charge < -0.3 is 13.9 Å². The summed E-state index contributed by atoms with van der Waals surface area (Å²) in [7, 11) is 0. The summed E-state index contributed by atoms with van der Waals surface area (Å²) in [5.41, 5.74) is 11.2. The first kappa shape index (κ1) is 34.5. The highest BCUT2D eigenvalue weighted by molar-refractivity contribution is 7.25. The van der Waals surface area contributed by atoms with Gasteiger partial charge >= 0.3 is 0 Å². The molecule has 1 aliphatic rings. The monoisotopic (exact) mass is 792 g/mol. The molecule has 11 aromatic rings. The minimum atomic E-state index is 0.486. The summed E-state index contributed by atoms with van der Waals surface area (Å²) in [5.74, 6) is 2.48. The molecule has 6 heteroatoms. The fourth-order valence-corrected chi connectivity index (χ4v) is 10.0. The number of para-hydroxylation sites is 3. The van der Waals surface area contributed by atoms with Crippen molar-refractivity contribution < 1.29 is 13.9 Å². The lowest BCUT2D eigenvalue weighted by Crippen LogP contribution is -2.16. The van der Waals surface area contributed by atoms with Crippen molar-refractivity contribution >= 4 is 70.6 Å². The molecule has 1 aliphatic heterocycles. The van der Waals surface area contributed by atoms with Crippen molar-refractivity contribution in [2.24, 2.45) is 0 Å². The van der Waals surface area contributed by atoms with Gasteiger partial charge in [0.2, 0.25) is 0 Å². The van der Waals surface area contributed by atoms with E-state index in [1.807, 2.05) is 35.6 Å². The third kappa shape index (κ3) is 5.68. The van der Waals surface area contributed by atoms with Crippen LogP contribution in [0, 0.1) is 0 Å². The van der Waals surface area contributed by atoms with E-state index in [1.165, 1.54) is 25.7 Å². The number of aromatic nitrogens is 1. The van der Waals surface area contributed by atoms with Gasteiger partial charge in [-0.15, -0.1) is 11.3 Å². The van der Waals surface area contributed by atoms with Gasteiger partial charge in [-0.3, -0.25) is 9.47 Å². The molecule has 0 spiro atoms. The SMILES string of the molecule is c1ccc(-c2ccc(N(c3cc(-c4cccc5c4OCCO5)c4c(c3)oc3ccccc34)c3ccc(-c4ccc5c(c4)sc4ccccc45)n3-c3ccccc3)cc2)cc1. The molecule has 0 radical (unpaired) electrons. The molecule has 3 aromatic heterocycles. The molecule has 0 fully saturated rings. The maximum atomic E-state index is 6.75. The van der Waals surface area contributed by atoms with Crippen LogP contribution in [0.2, 0.25) is 0 Å². The second-order valence-electron chi connectivity index (χ2n) is 15.1. The molecule has 12 rings (SSSR count). The lowest BCUT2D eigenvalue weighted by molar-refractivity contribution is 0.172. The smallest absolute Gasteiger partial charge is 0.169 e. The molecule has 0 atom stereocenters. The number of furan rings is 1. The Morgan fingerprint density at radius 2 is 1.18 bits per heavy atom. The number of ether oxygens (including phenoxy) is 2. The van der Waals surface area contributed by atoms with Crippen LogP contribution in [0.3, 0.4) is 0 Å². The largest absolute Gasteiger partial charge is 0.486 e. The Morgan fingerprint density at radius 3 is 2.05 bits per heavy atom. The number of anilines is 3. The highest BCUT2D eigenvalue weighted by Crippen LogP contribution is 2.49. The zero-order valence-corrected chi connectivity index (χ0v) is 33.2. The number of benzene rings is 8. The first-order valence-electron chi connectivity index (χ1n) is 20.2. The van der Waals surface area contributed by atoms with Crippen LogP contribution in [0.5, 0.6) is 11.5 Å². The van der Waals surface area contributed by atoms with Gasteiger partial charge in [-0.1, -0.05) is 121 Å². The standard InChI is InChI=1S/C54H36N2O3S/c1-3-12-35(13-4-1)36-22-25-39(26-23-36)55(40-33-45(43-18-11-20-48-54(43)58-31-30-57-48)53-44-17-7-9-19-47(44)59-49(53)34-40)52-29-28-46(56(52)38-14-5-2-6-15-38)37-24-27-42-41-16-8-10-21-50(41)60-51(42)32-37/h1-29,32-34H,30-31H2. The summed E-state index contributed by atoms with van der Waals surface area (Å²) in [6.45, 7) is 1.00. The highest BCUT2D eigenvalue weighted by Gasteiger charge is 2.26. The van der Waals surface area contributed by atoms with E-state index in [0.29, 0.717) is 13.2 Å². The third-order valence-corrected chi connectivity index (χ3v) is 12.7. The maximum Gasteiger partial charge on any atom is 0.169 e. The molecule has 0 amide bonds. The number of hydrogen-bond donors (Lipinski definition) is 0. The first-order chi connectivity index (χ1) is 29.7. The number of nitrogens with zero attached hydrogens (tertiary/aromatic N) is 2. The summed E-state index contributed by atoms with van der Waals surface area (Å²) in [4.78, 5) is 2.35. The second-order valence-corrected chi connectivity index (χ2v) is 16.2. The molecule has 5 nitrogen and oxygen atoms in total. The van der Waals surface area contributed by atoms with Crippen LogP contribution in [0.15, 0.2) is 199 Å². The Balaban J connectivity index is 1.13. The van der Waals surface area contributed by atoms with Crippen molar-refractivity contribution in [2.75, 3.05) is 18.1 Å². The Hall–Kier alpha value is -7.54. The second kappa shape index (κ2) is 14.1. The topological polar surface area (TPSA) is 39.8 Å². The van der Waals surface area contributed by atoms with Gasteiger partial charge in [-0.2, -0.15) is 0 Å². The van der Waals surface area contributed by atoms with Crippen molar-refractivity contribution in [1.82, 2.24) is 4.57 Å². The van der Waals surface area contributed by atoms with E-state index in [0.717, 1.165) is 84.3 Å². The molecular weight excluding hydrogens is 757 g/mol. The quantitative estimate of drug-likeness (QED) is 0.161. The van der Waals surface area contributed by atoms with Crippen LogP contribution in [-0.4, -0.2) is 17.8 Å². The fraction of sp³-hybridized carbons (Fsp3) is 0.0370. The van der Waals surface area contributed by atoms with E-state index in [2.05, 4.69) is 179 Å². The van der Waals surface area contributed by atoms with Gasteiger partial charge in [0, 0.05) is 59.5 Å². The Bertz CT molecular complexity index is 3380. The summed E-state index contributed by atoms with van der Waals surface area (Å²) >= 11 is 1.84. The Kier molecular flexibility index (Phi) is 8.10. The van der Waals surface area contributed by atoms with E-state index in [9.17, 15) is 0 Å². The van der Waals surface area contributed by atoms with Gasteiger partial charge in [0.05, 0.1) is 11.4 Å². The Morgan fingerprint density at radius 1 is 0.467 bits per heavy atom.